The van der Waals surface area contributed by atoms with Gasteiger partial charge in [0.05, 0.1) is 22.5 Å². The molecule has 0 aliphatic heterocycles. The molecule has 3 aromatic heterocycles. The lowest BCUT2D eigenvalue weighted by molar-refractivity contribution is 0.519. The van der Waals surface area contributed by atoms with Gasteiger partial charge in [-0.15, -0.1) is 0 Å². The lowest BCUT2D eigenvalue weighted by atomic mass is 10.2. The Morgan fingerprint density at radius 1 is 1.16 bits per heavy atom. The van der Waals surface area contributed by atoms with Gasteiger partial charge in [-0.3, -0.25) is 4.79 Å². The molecule has 0 fully saturated rings. The smallest absolute Gasteiger partial charge is 0.250 e. The van der Waals surface area contributed by atoms with Gasteiger partial charge in [0.15, 0.2) is 0 Å². The highest BCUT2D eigenvalue weighted by Gasteiger charge is 2.19. The number of nitrogens with zero attached hydrogens (tertiary/aromatic N) is 4. The van der Waals surface area contributed by atoms with Gasteiger partial charge < -0.3 is 8.97 Å². The van der Waals surface area contributed by atoms with Gasteiger partial charge in [0.1, 0.15) is 6.07 Å². The van der Waals surface area contributed by atoms with Crippen molar-refractivity contribution in [2.75, 3.05) is 14.1 Å². The third-order valence-electron chi connectivity index (χ3n) is 3.95. The molecular formula is C17H16N4O3S. The van der Waals surface area contributed by atoms with Crippen LogP contribution in [0.4, 0.5) is 0 Å². The van der Waals surface area contributed by atoms with E-state index in [9.17, 15) is 18.5 Å². The van der Waals surface area contributed by atoms with Crippen LogP contribution in [0, 0.1) is 11.3 Å². The molecule has 0 unspecified atom stereocenters. The highest BCUT2D eigenvalue weighted by atomic mass is 32.2. The van der Waals surface area contributed by atoms with Crippen molar-refractivity contribution < 1.29 is 8.42 Å². The Bertz CT molecular complexity index is 1150. The van der Waals surface area contributed by atoms with Gasteiger partial charge in [-0.2, -0.15) is 5.26 Å². The third kappa shape index (κ3) is 2.95. The minimum atomic E-state index is -3.65. The summed E-state index contributed by atoms with van der Waals surface area (Å²) >= 11 is 0. The number of aromatic nitrogens is 2. The molecule has 0 saturated heterocycles. The summed E-state index contributed by atoms with van der Waals surface area (Å²) < 4.78 is 28.7. The summed E-state index contributed by atoms with van der Waals surface area (Å²) in [6, 6.07) is 10.2. The Morgan fingerprint density at radius 2 is 1.92 bits per heavy atom. The van der Waals surface area contributed by atoms with Crippen molar-refractivity contribution in [1.82, 2.24) is 13.3 Å². The number of rotatable bonds is 4. The minimum absolute atomic E-state index is 0.0272. The monoisotopic (exact) mass is 356 g/mol. The summed E-state index contributed by atoms with van der Waals surface area (Å²) in [4.78, 5) is 12.2. The molecule has 0 aromatic carbocycles. The van der Waals surface area contributed by atoms with Gasteiger partial charge in [0.2, 0.25) is 10.0 Å². The Balaban J connectivity index is 2.11. The average molecular weight is 356 g/mol. The zero-order valence-electron chi connectivity index (χ0n) is 13.7. The first kappa shape index (κ1) is 17.0. The molecule has 0 N–H and O–H groups in total. The van der Waals surface area contributed by atoms with Gasteiger partial charge >= 0.3 is 0 Å². The van der Waals surface area contributed by atoms with Gasteiger partial charge in [-0.25, -0.2) is 12.7 Å². The normalized spacial score (nSPS) is 11.8. The summed E-state index contributed by atoms with van der Waals surface area (Å²) in [6.07, 6.45) is 4.89. The molecule has 0 aliphatic rings. The molecule has 8 heteroatoms. The van der Waals surface area contributed by atoms with Gasteiger partial charge in [-0.05, 0) is 18.2 Å². The molecule has 128 valence electrons. The SMILES string of the molecule is CN(C)S(=O)(=O)c1ccc(=O)n(Cc2cn3ccccc3c2C#N)c1. The minimum Gasteiger partial charge on any atom is -0.322 e. The fourth-order valence-electron chi connectivity index (χ4n) is 2.61. The Morgan fingerprint density at radius 3 is 2.60 bits per heavy atom. The molecule has 0 spiro atoms. The Kier molecular flexibility index (Phi) is 4.20. The van der Waals surface area contributed by atoms with Crippen molar-refractivity contribution in [3.8, 4) is 6.07 Å². The molecular weight excluding hydrogens is 340 g/mol. The third-order valence-corrected chi connectivity index (χ3v) is 5.75. The lowest BCUT2D eigenvalue weighted by Gasteiger charge is -2.13. The Labute approximate surface area is 145 Å². The van der Waals surface area contributed by atoms with Crippen molar-refractivity contribution in [2.45, 2.75) is 11.4 Å². The van der Waals surface area contributed by atoms with Gasteiger partial charge in [-0.1, -0.05) is 6.07 Å². The average Bonchev–Trinajstić information content (AvgIpc) is 2.93. The van der Waals surface area contributed by atoms with Crippen LogP contribution in [0.25, 0.3) is 5.52 Å². The van der Waals surface area contributed by atoms with Gasteiger partial charge in [0.25, 0.3) is 5.56 Å². The van der Waals surface area contributed by atoms with Crippen LogP contribution in [0.3, 0.4) is 0 Å². The number of pyridine rings is 2. The molecule has 25 heavy (non-hydrogen) atoms. The molecule has 0 aliphatic carbocycles. The second kappa shape index (κ2) is 6.20. The zero-order chi connectivity index (χ0) is 18.2. The van der Waals surface area contributed by atoms with E-state index in [1.54, 1.807) is 10.6 Å². The van der Waals surface area contributed by atoms with E-state index in [1.807, 2.05) is 24.4 Å². The van der Waals surface area contributed by atoms with Crippen molar-refractivity contribution in [1.29, 1.82) is 5.26 Å². The standard InChI is InChI=1S/C17H16N4O3S/c1-19(2)25(23,24)14-6-7-17(22)21(12-14)11-13-10-20-8-4-3-5-16(20)15(13)9-18/h3-8,10,12H,11H2,1-2H3. The summed E-state index contributed by atoms with van der Waals surface area (Å²) in [5.74, 6) is 0. The van der Waals surface area contributed by atoms with Crippen LogP contribution in [-0.4, -0.2) is 35.8 Å². The highest BCUT2D eigenvalue weighted by Crippen LogP contribution is 2.19. The van der Waals surface area contributed by atoms with Crippen LogP contribution in [0.15, 0.2) is 58.6 Å². The Hall–Kier alpha value is -2.89. The number of sulfonamides is 1. The molecule has 0 atom stereocenters. The molecule has 0 bridgehead atoms. The summed E-state index contributed by atoms with van der Waals surface area (Å²) in [7, 11) is -0.786. The van der Waals surface area contributed by atoms with Crippen molar-refractivity contribution in [3.63, 3.8) is 0 Å². The van der Waals surface area contributed by atoms with Crippen LogP contribution in [-0.2, 0) is 16.6 Å². The molecule has 0 amide bonds. The van der Waals surface area contributed by atoms with Crippen LogP contribution < -0.4 is 5.56 Å². The quantitative estimate of drug-likeness (QED) is 0.704. The second-order valence-electron chi connectivity index (χ2n) is 5.75. The van der Waals surface area contributed by atoms with Crippen LogP contribution in [0.1, 0.15) is 11.1 Å². The first-order valence-electron chi connectivity index (χ1n) is 7.46. The first-order valence-corrected chi connectivity index (χ1v) is 8.90. The van der Waals surface area contributed by atoms with Crippen LogP contribution >= 0.6 is 0 Å². The van der Waals surface area contributed by atoms with E-state index in [0.29, 0.717) is 11.1 Å². The topological polar surface area (TPSA) is 87.6 Å². The van der Waals surface area contributed by atoms with Crippen LogP contribution in [0.2, 0.25) is 0 Å². The largest absolute Gasteiger partial charge is 0.322 e. The predicted octanol–water partition coefficient (Wildman–Crippen LogP) is 1.27. The van der Waals surface area contributed by atoms with Crippen molar-refractivity contribution >= 4 is 15.5 Å². The van der Waals surface area contributed by atoms with E-state index in [0.717, 1.165) is 9.82 Å². The van der Waals surface area contributed by atoms with Crippen molar-refractivity contribution in [2.24, 2.45) is 0 Å². The number of hydrogen-bond donors (Lipinski definition) is 0. The van der Waals surface area contributed by atoms with Gasteiger partial charge in [0, 0.05) is 44.3 Å². The number of hydrogen-bond acceptors (Lipinski definition) is 4. The molecule has 3 rings (SSSR count). The van der Waals surface area contributed by atoms with E-state index in [2.05, 4.69) is 6.07 Å². The summed E-state index contributed by atoms with van der Waals surface area (Å²) in [5.41, 5.74) is 1.52. The number of fused-ring (bicyclic) bond motifs is 1. The van der Waals surface area contributed by atoms with E-state index in [-0.39, 0.29) is 17.0 Å². The van der Waals surface area contributed by atoms with E-state index >= 15 is 0 Å². The fraction of sp³-hybridized carbons (Fsp3) is 0.176. The first-order chi connectivity index (χ1) is 11.8. The molecule has 0 radical (unpaired) electrons. The highest BCUT2D eigenvalue weighted by molar-refractivity contribution is 7.89. The molecule has 3 aromatic rings. The second-order valence-corrected chi connectivity index (χ2v) is 7.90. The maximum Gasteiger partial charge on any atom is 0.250 e. The van der Waals surface area contributed by atoms with E-state index < -0.39 is 10.0 Å². The van der Waals surface area contributed by atoms with Crippen LogP contribution in [0.5, 0.6) is 0 Å². The molecule has 7 nitrogen and oxygen atoms in total. The van der Waals surface area contributed by atoms with Crippen molar-refractivity contribution in [3.05, 3.63) is 70.4 Å². The molecule has 3 heterocycles. The fourth-order valence-corrected chi connectivity index (χ4v) is 3.53. The predicted molar refractivity (Wildman–Crippen MR) is 92.8 cm³/mol. The maximum atomic E-state index is 12.3. The zero-order valence-corrected chi connectivity index (χ0v) is 14.6. The van der Waals surface area contributed by atoms with E-state index in [4.69, 9.17) is 0 Å². The van der Waals surface area contributed by atoms with E-state index in [1.165, 1.54) is 37.0 Å². The summed E-state index contributed by atoms with van der Waals surface area (Å²) in [6.45, 7) is 0.111. The number of nitriles is 1. The maximum absolute atomic E-state index is 12.3. The molecule has 0 saturated carbocycles. The summed E-state index contributed by atoms with van der Waals surface area (Å²) in [5, 5.41) is 9.46. The lowest BCUT2D eigenvalue weighted by Crippen LogP contribution is -2.26.